The Morgan fingerprint density at radius 3 is 2.41 bits per heavy atom. The molecule has 4 amide bonds. The van der Waals surface area contributed by atoms with E-state index in [4.69, 9.17) is 20.3 Å². The number of benzene rings is 1. The van der Waals surface area contributed by atoms with Crippen molar-refractivity contribution in [3.8, 4) is 5.75 Å². The highest BCUT2D eigenvalue weighted by molar-refractivity contribution is 8.00. The lowest BCUT2D eigenvalue weighted by molar-refractivity contribution is -0.258. The number of nitrogens with one attached hydrogen (secondary N) is 2. The van der Waals surface area contributed by atoms with Gasteiger partial charge in [0.2, 0.25) is 11.1 Å². The first-order valence-corrected chi connectivity index (χ1v) is 20.1. The van der Waals surface area contributed by atoms with E-state index in [2.05, 4.69) is 41.1 Å². The molecule has 0 bridgehead atoms. The van der Waals surface area contributed by atoms with Crippen LogP contribution in [-0.4, -0.2) is 158 Å². The molecule has 25 nitrogen and oxygen atoms in total. The topological polar surface area (TPSA) is 354 Å². The minimum absolute atomic E-state index is 0.0425. The summed E-state index contributed by atoms with van der Waals surface area (Å²) >= 11 is 3.63. The van der Waals surface area contributed by atoms with E-state index in [1.807, 2.05) is 0 Å². The molecule has 8 N–H and O–H groups in total. The molecule has 1 aromatic carbocycles. The van der Waals surface area contributed by atoms with Crippen LogP contribution in [0.15, 0.2) is 63.0 Å². The number of β-lactam (4-membered cyclic amide) rings is 2. The Labute approximate surface area is 354 Å². The molecule has 0 radical (unpaired) electrons. The van der Waals surface area contributed by atoms with Crippen molar-refractivity contribution in [1.82, 2.24) is 45.6 Å². The van der Waals surface area contributed by atoms with Crippen LogP contribution >= 0.6 is 34.9 Å². The summed E-state index contributed by atoms with van der Waals surface area (Å²) in [6.45, 7) is -0.213. The van der Waals surface area contributed by atoms with Crippen LogP contribution in [0.2, 0.25) is 0 Å². The minimum atomic E-state index is -2.14. The molecule has 7 rings (SSSR count). The van der Waals surface area contributed by atoms with Crippen LogP contribution in [0, 0.1) is 0 Å². The van der Waals surface area contributed by atoms with Gasteiger partial charge in [-0.1, -0.05) is 29.1 Å². The third kappa shape index (κ3) is 8.42. The number of thiazole rings is 1. The number of anilines is 1. The van der Waals surface area contributed by atoms with E-state index in [-0.39, 0.29) is 57.2 Å². The van der Waals surface area contributed by atoms with Gasteiger partial charge in [-0.3, -0.25) is 33.8 Å². The SMILES string of the molecule is CO/N=C(\C(=O)N[C@@H]1C(=O)N2C(C(=O)O)=CCS[C@H]12)c1csc(N)n1.CO[C@@]1(NC(=O)C(C(=O)O)c2ccc(O)cc2)C(=O)N2C(C(=O)O)=C(CSc3nnnn3C)CO[C@@H]21. The summed E-state index contributed by atoms with van der Waals surface area (Å²) < 4.78 is 12.4. The molecule has 0 aliphatic carbocycles. The number of carboxylic acid groups (broad SMARTS) is 3. The number of ether oxygens (including phenoxy) is 2. The fourth-order valence-electron chi connectivity index (χ4n) is 6.32. The Morgan fingerprint density at radius 1 is 1.11 bits per heavy atom. The Balaban J connectivity index is 0.000000218. The predicted molar refractivity (Wildman–Crippen MR) is 208 cm³/mol. The number of tetrazole rings is 1. The van der Waals surface area contributed by atoms with Crippen LogP contribution in [0.5, 0.6) is 5.75 Å². The van der Waals surface area contributed by atoms with Gasteiger partial charge in [-0.05, 0) is 39.8 Å². The smallest absolute Gasteiger partial charge is 0.352 e. The number of aliphatic carboxylic acids is 3. The molecule has 4 aliphatic rings. The molecule has 3 aromatic rings. The van der Waals surface area contributed by atoms with Crippen LogP contribution in [0.3, 0.4) is 0 Å². The number of hydrogen-bond donors (Lipinski definition) is 7. The number of methoxy groups -OCH3 is 1. The number of carboxylic acids is 3. The Morgan fingerprint density at radius 2 is 1.84 bits per heavy atom. The molecular formula is C33H33N11O14S3. The van der Waals surface area contributed by atoms with E-state index in [1.165, 1.54) is 53.9 Å². The molecule has 6 heterocycles. The summed E-state index contributed by atoms with van der Waals surface area (Å²) in [6.07, 6.45) is 0.111. The number of rotatable bonds is 14. The molecule has 61 heavy (non-hydrogen) atoms. The summed E-state index contributed by atoms with van der Waals surface area (Å²) in [4.78, 5) is 96.7. The van der Waals surface area contributed by atoms with Gasteiger partial charge >= 0.3 is 17.9 Å². The number of nitrogens with zero attached hydrogens (tertiary/aromatic N) is 8. The minimum Gasteiger partial charge on any atom is -0.508 e. The van der Waals surface area contributed by atoms with Crippen LogP contribution < -0.4 is 16.4 Å². The number of aromatic nitrogens is 5. The summed E-state index contributed by atoms with van der Waals surface area (Å²) in [5, 5.41) is 59.3. The van der Waals surface area contributed by atoms with Gasteiger partial charge < -0.3 is 51.1 Å². The second-order valence-electron chi connectivity index (χ2n) is 12.7. The number of nitrogen functional groups attached to an aromatic ring is 1. The highest BCUT2D eigenvalue weighted by Crippen LogP contribution is 2.42. The fraction of sp³-hybridized carbons (Fsp3) is 0.333. The molecule has 4 aliphatic heterocycles. The monoisotopic (exact) mass is 903 g/mol. The first-order valence-electron chi connectivity index (χ1n) is 17.2. The normalized spacial score (nSPS) is 22.2. The lowest BCUT2D eigenvalue weighted by atomic mass is 9.92. The van der Waals surface area contributed by atoms with Gasteiger partial charge in [0.05, 0.1) is 6.61 Å². The van der Waals surface area contributed by atoms with Gasteiger partial charge in [-0.25, -0.2) is 19.3 Å². The average Bonchev–Trinajstić information content (AvgIpc) is 3.86. The van der Waals surface area contributed by atoms with E-state index in [0.29, 0.717) is 10.9 Å². The second kappa shape index (κ2) is 17.9. The van der Waals surface area contributed by atoms with Crippen molar-refractivity contribution in [2.45, 2.75) is 34.4 Å². The summed E-state index contributed by atoms with van der Waals surface area (Å²) in [5.41, 5.74) is 3.43. The van der Waals surface area contributed by atoms with E-state index < -0.39 is 70.8 Å². The van der Waals surface area contributed by atoms with Gasteiger partial charge in [0.15, 0.2) is 23.0 Å². The van der Waals surface area contributed by atoms with Gasteiger partial charge in [-0.2, -0.15) is 0 Å². The number of phenols is 1. The highest BCUT2D eigenvalue weighted by atomic mass is 32.2. The summed E-state index contributed by atoms with van der Waals surface area (Å²) in [7, 11) is 3.99. The van der Waals surface area contributed by atoms with Crippen molar-refractivity contribution in [2.75, 3.05) is 38.1 Å². The molecule has 5 atom stereocenters. The number of nitrogens with two attached hydrogens (primary N) is 1. The zero-order valence-electron chi connectivity index (χ0n) is 31.6. The Hall–Kier alpha value is -6.62. The van der Waals surface area contributed by atoms with Crippen LogP contribution in [0.25, 0.3) is 0 Å². The van der Waals surface area contributed by atoms with Crippen LogP contribution in [-0.2, 0) is 54.9 Å². The second-order valence-corrected chi connectivity index (χ2v) is 15.7. The molecule has 0 saturated carbocycles. The number of carbonyl (C=O) groups excluding carboxylic acids is 4. The largest absolute Gasteiger partial charge is 0.508 e. The van der Waals surface area contributed by atoms with Crippen molar-refractivity contribution in [3.05, 3.63) is 63.9 Å². The maximum Gasteiger partial charge on any atom is 0.352 e. The molecule has 2 saturated heterocycles. The van der Waals surface area contributed by atoms with E-state index in [9.17, 15) is 48.9 Å². The third-order valence-electron chi connectivity index (χ3n) is 9.15. The number of hydrogen-bond acceptors (Lipinski definition) is 20. The Bertz CT molecular complexity index is 2390. The number of carbonyl (C=O) groups is 7. The first kappa shape index (κ1) is 43.9. The molecule has 28 heteroatoms. The number of aryl methyl sites for hydroxylation is 1. The van der Waals surface area contributed by atoms with Crippen molar-refractivity contribution >= 4 is 87.2 Å². The lowest BCUT2D eigenvalue weighted by Crippen LogP contribution is -2.82. The lowest BCUT2D eigenvalue weighted by Gasteiger charge is -2.55. The number of phenolic OH excluding ortho intramolecular Hbond substituents is 1. The fourth-order valence-corrected chi connectivity index (χ4v) is 8.90. The number of amides is 4. The van der Waals surface area contributed by atoms with Gasteiger partial charge in [0, 0.05) is 31.0 Å². The van der Waals surface area contributed by atoms with Crippen LogP contribution in [0.4, 0.5) is 5.13 Å². The number of fused-ring (bicyclic) bond motifs is 2. The highest BCUT2D eigenvalue weighted by Gasteiger charge is 2.68. The maximum atomic E-state index is 13.2. The van der Waals surface area contributed by atoms with Crippen molar-refractivity contribution in [2.24, 2.45) is 12.2 Å². The van der Waals surface area contributed by atoms with E-state index >= 15 is 0 Å². The van der Waals surface area contributed by atoms with E-state index in [0.717, 1.165) is 40.0 Å². The van der Waals surface area contributed by atoms with Crippen molar-refractivity contribution in [3.63, 3.8) is 0 Å². The molecular weight excluding hydrogens is 871 g/mol. The van der Waals surface area contributed by atoms with E-state index in [1.54, 1.807) is 12.4 Å². The number of oxime groups is 1. The quantitative estimate of drug-likeness (QED) is 0.0237. The molecule has 322 valence electrons. The molecule has 2 aromatic heterocycles. The van der Waals surface area contributed by atoms with Gasteiger partial charge in [0.25, 0.3) is 23.4 Å². The molecule has 2 fully saturated rings. The summed E-state index contributed by atoms with van der Waals surface area (Å²) in [5.74, 6) is -8.62. The zero-order chi connectivity index (χ0) is 44.3. The van der Waals surface area contributed by atoms with Crippen LogP contribution in [0.1, 0.15) is 17.2 Å². The summed E-state index contributed by atoms with van der Waals surface area (Å²) in [6, 6.07) is 4.08. The first-order chi connectivity index (χ1) is 29.0. The Kier molecular flexibility index (Phi) is 12.9. The van der Waals surface area contributed by atoms with Crippen molar-refractivity contribution < 1.29 is 68.3 Å². The van der Waals surface area contributed by atoms with Crippen molar-refractivity contribution in [1.29, 1.82) is 0 Å². The average molecular weight is 904 g/mol. The van der Waals surface area contributed by atoms with Gasteiger partial charge in [-0.15, -0.1) is 28.2 Å². The van der Waals surface area contributed by atoms with Gasteiger partial charge in [0.1, 0.15) is 41.4 Å². The standard InChI is InChI=1S/C20H20N6O9S.C13H13N5O5S2/c1-25-19(22-23-24-25)36-8-10-7-35-18-20(34-2,17(33)26(18)13(10)16(31)32)21-14(28)12(15(29)30)9-3-5-11(27)6-4-9;1-23-17-7(5-4-25-13(14)15-5)9(19)16-8-10(20)18-6(12(21)22)2-3-24-11(8)18/h3-6,12,18,27H,7-8H2,1-2H3,(H,21,28)(H,29,30)(H,31,32);2,4,8,11H,3H2,1H3,(H2,14,15)(H,16,19)(H,21,22)/b;17-7-/t12?,18-,20+;8-,11-/m11/s1. The molecule has 0 spiro atoms. The number of thioether (sulfide) groups is 2. The third-order valence-corrected chi connectivity index (χ3v) is 12.1. The number of aromatic hydroxyl groups is 1. The zero-order valence-corrected chi connectivity index (χ0v) is 34.1. The molecule has 1 unspecified atom stereocenters. The maximum absolute atomic E-state index is 13.2. The predicted octanol–water partition coefficient (Wildman–Crippen LogP) is -1.68.